The van der Waals surface area contributed by atoms with E-state index >= 15 is 0 Å². The van der Waals surface area contributed by atoms with E-state index in [1.165, 1.54) is 0 Å². The van der Waals surface area contributed by atoms with Gasteiger partial charge in [0, 0.05) is 0 Å². The van der Waals surface area contributed by atoms with Crippen molar-refractivity contribution >= 4 is 8.12 Å². The predicted octanol–water partition coefficient (Wildman–Crippen LogP) is 0.00440. The molecular formula is C2H7BFN. The molecule has 0 unspecified atom stereocenters. The van der Waals surface area contributed by atoms with Gasteiger partial charge in [-0.15, -0.1) is 0 Å². The summed E-state index contributed by atoms with van der Waals surface area (Å²) in [5.74, 6) is 0. The van der Waals surface area contributed by atoms with Crippen LogP contribution in [0.1, 0.15) is 6.92 Å². The number of hydrogen-bond acceptors (Lipinski definition) is 1. The van der Waals surface area contributed by atoms with Gasteiger partial charge in [-0.05, 0) is 6.54 Å². The van der Waals surface area contributed by atoms with E-state index in [4.69, 9.17) is 10.0 Å². The van der Waals surface area contributed by atoms with Gasteiger partial charge in [0.15, 0.2) is 0 Å². The summed E-state index contributed by atoms with van der Waals surface area (Å²) in [6.45, 7) is 2.65. The first-order valence-corrected chi connectivity index (χ1v) is 1.33. The monoisotopic (exact) mass is 75.1 g/mol. The zero-order valence-corrected chi connectivity index (χ0v) is 3.24. The largest absolute Gasteiger partial charge is 0.350 e. The van der Waals surface area contributed by atoms with Crippen molar-refractivity contribution in [1.82, 2.24) is 0 Å². The Kier molecular flexibility index (Phi) is 67.2. The quantitative estimate of drug-likeness (QED) is 0.403. The van der Waals surface area contributed by atoms with Crippen LogP contribution in [0, 0.1) is 0 Å². The van der Waals surface area contributed by atoms with Crippen molar-refractivity contribution in [3.8, 4) is 0 Å². The zero-order chi connectivity index (χ0) is 4.71. The molecule has 0 amide bonds. The maximum Gasteiger partial charge on any atom is 0.350 e. The van der Waals surface area contributed by atoms with Gasteiger partial charge in [0.25, 0.3) is 0 Å². The molecule has 1 nitrogen and oxygen atoms in total. The molecule has 0 spiro atoms. The van der Waals surface area contributed by atoms with E-state index in [1.54, 1.807) is 0 Å². The highest BCUT2D eigenvalue weighted by molar-refractivity contribution is 5.96. The van der Waals surface area contributed by atoms with E-state index in [2.05, 4.69) is 8.12 Å². The van der Waals surface area contributed by atoms with Crippen LogP contribution in [-0.2, 0) is 0 Å². The SMILES string of the molecule is CCN.[B]F. The molecule has 0 aliphatic carbocycles. The molecule has 3 heteroatoms. The Morgan fingerprint density at radius 2 is 1.80 bits per heavy atom. The maximum absolute atomic E-state index is 9.00. The van der Waals surface area contributed by atoms with Gasteiger partial charge in [0.2, 0.25) is 0 Å². The number of hydrogen-bond donors (Lipinski definition) is 1. The molecule has 0 aromatic heterocycles. The lowest BCUT2D eigenvalue weighted by atomic mass is 10.7. The second-order valence-corrected chi connectivity index (χ2v) is 0.408. The summed E-state index contributed by atoms with van der Waals surface area (Å²) in [6, 6.07) is 0. The van der Waals surface area contributed by atoms with Crippen LogP contribution in [0.3, 0.4) is 0 Å². The molecule has 0 saturated carbocycles. The predicted molar refractivity (Wildman–Crippen MR) is 21.6 cm³/mol. The highest BCUT2D eigenvalue weighted by atomic mass is 19.1. The van der Waals surface area contributed by atoms with Crippen molar-refractivity contribution in [1.29, 1.82) is 0 Å². The average molecular weight is 74.9 g/mol. The summed E-state index contributed by atoms with van der Waals surface area (Å²) in [5, 5.41) is 0. The molecule has 0 heterocycles. The third-order valence-corrected chi connectivity index (χ3v) is 0. The number of nitrogens with two attached hydrogens (primary N) is 1. The van der Waals surface area contributed by atoms with E-state index in [9.17, 15) is 0 Å². The van der Waals surface area contributed by atoms with Crippen LogP contribution >= 0.6 is 0 Å². The van der Waals surface area contributed by atoms with Crippen LogP contribution in [0.25, 0.3) is 0 Å². The fourth-order valence-electron chi connectivity index (χ4n) is 0. The van der Waals surface area contributed by atoms with Crippen LogP contribution in [0.4, 0.5) is 4.32 Å². The fraction of sp³-hybridized carbons (Fsp3) is 1.00. The van der Waals surface area contributed by atoms with Crippen LogP contribution < -0.4 is 5.73 Å². The Hall–Kier alpha value is -0.0451. The lowest BCUT2D eigenvalue weighted by molar-refractivity contribution is 0.902. The van der Waals surface area contributed by atoms with Crippen molar-refractivity contribution < 1.29 is 4.32 Å². The normalized spacial score (nSPS) is 4.60. The summed E-state index contributed by atoms with van der Waals surface area (Å²) in [4.78, 5) is 0. The van der Waals surface area contributed by atoms with Gasteiger partial charge in [0.05, 0.1) is 0 Å². The van der Waals surface area contributed by atoms with Crippen molar-refractivity contribution in [3.63, 3.8) is 0 Å². The molecular weight excluding hydrogens is 67.8 g/mol. The average Bonchev–Trinajstić information content (AvgIpc) is 1.46. The van der Waals surface area contributed by atoms with E-state index in [1.807, 2.05) is 6.92 Å². The Morgan fingerprint density at radius 3 is 1.80 bits per heavy atom. The summed E-state index contributed by atoms with van der Waals surface area (Å²) < 4.78 is 9.00. The van der Waals surface area contributed by atoms with Gasteiger partial charge in [-0.25, -0.2) is 0 Å². The summed E-state index contributed by atoms with van der Waals surface area (Å²) in [6.07, 6.45) is 0. The van der Waals surface area contributed by atoms with E-state index in [0.717, 1.165) is 6.54 Å². The second kappa shape index (κ2) is 37.9. The standard InChI is InChI=1S/C2H7N.BF/c1-2-3;1-2/h2-3H2,1H3;. The van der Waals surface area contributed by atoms with E-state index in [0.29, 0.717) is 0 Å². The topological polar surface area (TPSA) is 26.0 Å². The summed E-state index contributed by atoms with van der Waals surface area (Å²) in [7, 11) is 3.00. The fourth-order valence-corrected chi connectivity index (χ4v) is 0. The van der Waals surface area contributed by atoms with Gasteiger partial charge in [-0.3, -0.25) is 0 Å². The highest BCUT2D eigenvalue weighted by Crippen LogP contribution is 1.20. The Bertz CT molecular complexity index is 9.61. The molecule has 0 atom stereocenters. The van der Waals surface area contributed by atoms with Crippen LogP contribution in [-0.4, -0.2) is 14.7 Å². The van der Waals surface area contributed by atoms with Crippen molar-refractivity contribution in [2.45, 2.75) is 6.92 Å². The molecule has 0 rings (SSSR count). The Balaban J connectivity index is 0. The summed E-state index contributed by atoms with van der Waals surface area (Å²) >= 11 is 0. The minimum atomic E-state index is 0.750. The van der Waals surface area contributed by atoms with Gasteiger partial charge in [0.1, 0.15) is 0 Å². The Labute approximate surface area is 32.8 Å². The molecule has 30 valence electrons. The minimum absolute atomic E-state index is 0.750. The zero-order valence-electron chi connectivity index (χ0n) is 3.24. The lowest BCUT2D eigenvalue weighted by Crippen LogP contribution is -1.87. The maximum atomic E-state index is 9.00. The lowest BCUT2D eigenvalue weighted by Gasteiger charge is -1.53. The van der Waals surface area contributed by atoms with Gasteiger partial charge >= 0.3 is 8.12 Å². The molecule has 2 radical (unpaired) electrons. The first-order valence-electron chi connectivity index (χ1n) is 1.33. The van der Waals surface area contributed by atoms with Crippen LogP contribution in [0.2, 0.25) is 0 Å². The van der Waals surface area contributed by atoms with Crippen molar-refractivity contribution in [2.24, 2.45) is 5.73 Å². The van der Waals surface area contributed by atoms with Crippen LogP contribution in [0.5, 0.6) is 0 Å². The summed E-state index contributed by atoms with van der Waals surface area (Å²) in [5.41, 5.74) is 4.85. The molecule has 0 aromatic carbocycles. The molecule has 5 heavy (non-hydrogen) atoms. The minimum Gasteiger partial charge on any atom is -0.350 e. The molecule has 0 aliphatic heterocycles. The number of rotatable bonds is 0. The van der Waals surface area contributed by atoms with E-state index in [-0.39, 0.29) is 0 Å². The molecule has 0 aliphatic rings. The third kappa shape index (κ3) is 7440. The number of halogens is 1. The second-order valence-electron chi connectivity index (χ2n) is 0.408. The molecule has 0 saturated heterocycles. The Morgan fingerprint density at radius 1 is 1.80 bits per heavy atom. The molecule has 2 N–H and O–H groups in total. The first kappa shape index (κ1) is 8.88. The van der Waals surface area contributed by atoms with Crippen LogP contribution in [0.15, 0.2) is 0 Å². The molecule has 0 aromatic rings. The molecule has 0 bridgehead atoms. The van der Waals surface area contributed by atoms with Crippen molar-refractivity contribution in [2.75, 3.05) is 6.54 Å². The van der Waals surface area contributed by atoms with Gasteiger partial charge < -0.3 is 10.0 Å². The highest BCUT2D eigenvalue weighted by Gasteiger charge is 1.32. The molecule has 0 fully saturated rings. The van der Waals surface area contributed by atoms with Gasteiger partial charge in [-0.1, -0.05) is 6.92 Å². The first-order chi connectivity index (χ1) is 2.41. The third-order valence-electron chi connectivity index (χ3n) is 0. The smallest absolute Gasteiger partial charge is 0.350 e. The van der Waals surface area contributed by atoms with Gasteiger partial charge in [-0.2, -0.15) is 0 Å². The van der Waals surface area contributed by atoms with E-state index < -0.39 is 0 Å². The van der Waals surface area contributed by atoms with Crippen molar-refractivity contribution in [3.05, 3.63) is 0 Å².